The van der Waals surface area contributed by atoms with Crippen molar-refractivity contribution >= 4 is 0 Å². The molecule has 72 valence electrons. The molecule has 0 aromatic rings. The first kappa shape index (κ1) is 10.3. The lowest BCUT2D eigenvalue weighted by molar-refractivity contribution is 0.546. The zero-order valence-electron chi connectivity index (χ0n) is 9.06. The van der Waals surface area contributed by atoms with Crippen molar-refractivity contribution in [3.63, 3.8) is 0 Å². The lowest BCUT2D eigenvalue weighted by Gasteiger charge is -2.22. The average molecular weight is 176 g/mol. The van der Waals surface area contributed by atoms with E-state index in [0.29, 0.717) is 0 Å². The molecular formula is C13H20. The molecule has 1 rings (SSSR count). The van der Waals surface area contributed by atoms with Crippen LogP contribution in [0, 0.1) is 5.92 Å². The molecule has 1 aliphatic carbocycles. The summed E-state index contributed by atoms with van der Waals surface area (Å²) >= 11 is 0. The summed E-state index contributed by atoms with van der Waals surface area (Å²) in [4.78, 5) is 0. The van der Waals surface area contributed by atoms with Gasteiger partial charge in [0, 0.05) is 0 Å². The molecule has 0 saturated heterocycles. The quantitative estimate of drug-likeness (QED) is 0.552. The van der Waals surface area contributed by atoms with Gasteiger partial charge in [0.15, 0.2) is 0 Å². The SMILES string of the molecule is C=C(C)/C=C/C1=C(C)CCCC1C. The minimum Gasteiger partial charge on any atom is -0.0961 e. The van der Waals surface area contributed by atoms with Gasteiger partial charge in [-0.2, -0.15) is 0 Å². The van der Waals surface area contributed by atoms with Gasteiger partial charge in [-0.15, -0.1) is 0 Å². The maximum absolute atomic E-state index is 3.88. The molecule has 0 saturated carbocycles. The Bertz CT molecular complexity index is 253. The molecule has 0 bridgehead atoms. The van der Waals surface area contributed by atoms with E-state index < -0.39 is 0 Å². The van der Waals surface area contributed by atoms with E-state index >= 15 is 0 Å². The third-order valence-corrected chi connectivity index (χ3v) is 2.76. The summed E-state index contributed by atoms with van der Waals surface area (Å²) < 4.78 is 0. The Labute approximate surface area is 82.0 Å². The van der Waals surface area contributed by atoms with E-state index in [0.717, 1.165) is 11.5 Å². The highest BCUT2D eigenvalue weighted by Crippen LogP contribution is 2.30. The molecule has 0 aromatic carbocycles. The van der Waals surface area contributed by atoms with Crippen LogP contribution in [0.3, 0.4) is 0 Å². The second kappa shape index (κ2) is 4.45. The molecule has 13 heavy (non-hydrogen) atoms. The fourth-order valence-corrected chi connectivity index (χ4v) is 1.93. The van der Waals surface area contributed by atoms with Gasteiger partial charge < -0.3 is 0 Å². The van der Waals surface area contributed by atoms with E-state index in [1.54, 1.807) is 5.57 Å². The Hall–Kier alpha value is -0.780. The smallest absolute Gasteiger partial charge is 0.0191 e. The first-order chi connectivity index (χ1) is 6.11. The van der Waals surface area contributed by atoms with Crippen molar-refractivity contribution < 1.29 is 0 Å². The zero-order chi connectivity index (χ0) is 9.84. The van der Waals surface area contributed by atoms with E-state index in [9.17, 15) is 0 Å². The maximum Gasteiger partial charge on any atom is -0.0191 e. The van der Waals surface area contributed by atoms with Crippen molar-refractivity contribution in [2.75, 3.05) is 0 Å². The van der Waals surface area contributed by atoms with Crippen LogP contribution in [0.2, 0.25) is 0 Å². The highest BCUT2D eigenvalue weighted by atomic mass is 14.2. The van der Waals surface area contributed by atoms with E-state index in [1.165, 1.54) is 24.8 Å². The summed E-state index contributed by atoms with van der Waals surface area (Å²) in [5.74, 6) is 0.740. The molecule has 0 amide bonds. The van der Waals surface area contributed by atoms with Crippen molar-refractivity contribution in [1.82, 2.24) is 0 Å². The van der Waals surface area contributed by atoms with Crippen LogP contribution in [0.1, 0.15) is 40.0 Å². The number of rotatable bonds is 2. The lowest BCUT2D eigenvalue weighted by Crippen LogP contribution is -2.06. The van der Waals surface area contributed by atoms with Crippen LogP contribution in [0.5, 0.6) is 0 Å². The molecule has 0 spiro atoms. The first-order valence-corrected chi connectivity index (χ1v) is 5.14. The van der Waals surface area contributed by atoms with Gasteiger partial charge in [-0.25, -0.2) is 0 Å². The summed E-state index contributed by atoms with van der Waals surface area (Å²) in [5, 5.41) is 0. The fraction of sp³-hybridized carbons (Fsp3) is 0.538. The van der Waals surface area contributed by atoms with E-state index in [2.05, 4.69) is 32.6 Å². The van der Waals surface area contributed by atoms with Gasteiger partial charge >= 0.3 is 0 Å². The second-order valence-corrected chi connectivity index (χ2v) is 4.21. The van der Waals surface area contributed by atoms with Crippen molar-refractivity contribution in [3.8, 4) is 0 Å². The molecular weight excluding hydrogens is 156 g/mol. The van der Waals surface area contributed by atoms with Gasteiger partial charge in [0.2, 0.25) is 0 Å². The van der Waals surface area contributed by atoms with Gasteiger partial charge in [0.25, 0.3) is 0 Å². The molecule has 1 unspecified atom stereocenters. The molecule has 1 aliphatic rings. The van der Waals surface area contributed by atoms with Gasteiger partial charge in [-0.05, 0) is 44.6 Å². The first-order valence-electron chi connectivity index (χ1n) is 5.14. The molecule has 0 aliphatic heterocycles. The highest BCUT2D eigenvalue weighted by molar-refractivity contribution is 5.32. The van der Waals surface area contributed by atoms with Crippen LogP contribution in [0.4, 0.5) is 0 Å². The maximum atomic E-state index is 3.88. The Balaban J connectivity index is 2.80. The van der Waals surface area contributed by atoms with E-state index in [1.807, 2.05) is 6.92 Å². The van der Waals surface area contributed by atoms with Crippen LogP contribution in [-0.4, -0.2) is 0 Å². The summed E-state index contributed by atoms with van der Waals surface area (Å²) in [6.45, 7) is 10.5. The Kier molecular flexibility index (Phi) is 3.53. The number of allylic oxidation sites excluding steroid dienone is 5. The molecule has 0 aromatic heterocycles. The van der Waals surface area contributed by atoms with Gasteiger partial charge in [-0.3, -0.25) is 0 Å². The predicted octanol–water partition coefficient (Wildman–Crippen LogP) is 4.26. The molecule has 1 atom stereocenters. The number of hydrogen-bond acceptors (Lipinski definition) is 0. The van der Waals surface area contributed by atoms with E-state index in [4.69, 9.17) is 0 Å². The molecule has 0 fully saturated rings. The van der Waals surface area contributed by atoms with Crippen LogP contribution in [-0.2, 0) is 0 Å². The van der Waals surface area contributed by atoms with Crippen molar-refractivity contribution in [2.45, 2.75) is 40.0 Å². The monoisotopic (exact) mass is 176 g/mol. The minimum atomic E-state index is 0.740. The summed E-state index contributed by atoms with van der Waals surface area (Å²) in [5.41, 5.74) is 4.24. The summed E-state index contributed by atoms with van der Waals surface area (Å²) in [6, 6.07) is 0. The standard InChI is InChI=1S/C13H20/c1-10(2)8-9-13-11(3)6-5-7-12(13)4/h8-9,11H,1,5-7H2,2-4H3/b9-8+. The Morgan fingerprint density at radius 3 is 2.77 bits per heavy atom. The summed E-state index contributed by atoms with van der Waals surface area (Å²) in [6.07, 6.45) is 8.35. The topological polar surface area (TPSA) is 0 Å². The lowest BCUT2D eigenvalue weighted by atomic mass is 9.84. The number of hydrogen-bond donors (Lipinski definition) is 0. The van der Waals surface area contributed by atoms with Crippen molar-refractivity contribution in [3.05, 3.63) is 35.5 Å². The Morgan fingerprint density at radius 2 is 2.23 bits per heavy atom. The summed E-state index contributed by atoms with van der Waals surface area (Å²) in [7, 11) is 0. The van der Waals surface area contributed by atoms with Crippen LogP contribution < -0.4 is 0 Å². The van der Waals surface area contributed by atoms with Crippen molar-refractivity contribution in [1.29, 1.82) is 0 Å². The van der Waals surface area contributed by atoms with Crippen LogP contribution in [0.25, 0.3) is 0 Å². The molecule has 0 heteroatoms. The largest absolute Gasteiger partial charge is 0.0961 e. The van der Waals surface area contributed by atoms with Crippen LogP contribution in [0.15, 0.2) is 35.5 Å². The van der Waals surface area contributed by atoms with Gasteiger partial charge in [0.1, 0.15) is 0 Å². The third kappa shape index (κ3) is 2.87. The third-order valence-electron chi connectivity index (χ3n) is 2.76. The predicted molar refractivity (Wildman–Crippen MR) is 59.7 cm³/mol. The van der Waals surface area contributed by atoms with Crippen molar-refractivity contribution in [2.24, 2.45) is 5.92 Å². The normalized spacial score (nSPS) is 24.1. The van der Waals surface area contributed by atoms with Gasteiger partial charge in [0.05, 0.1) is 0 Å². The van der Waals surface area contributed by atoms with Crippen LogP contribution >= 0.6 is 0 Å². The fourth-order valence-electron chi connectivity index (χ4n) is 1.93. The minimum absolute atomic E-state index is 0.740. The highest BCUT2D eigenvalue weighted by Gasteiger charge is 2.14. The molecule has 0 nitrogen and oxygen atoms in total. The molecule has 0 N–H and O–H groups in total. The zero-order valence-corrected chi connectivity index (χ0v) is 9.06. The van der Waals surface area contributed by atoms with E-state index in [-0.39, 0.29) is 0 Å². The molecule has 0 radical (unpaired) electrons. The molecule has 0 heterocycles. The average Bonchev–Trinajstić information content (AvgIpc) is 2.03. The van der Waals surface area contributed by atoms with Gasteiger partial charge in [-0.1, -0.05) is 36.8 Å². The second-order valence-electron chi connectivity index (χ2n) is 4.21. The Morgan fingerprint density at radius 1 is 1.54 bits per heavy atom.